The van der Waals surface area contributed by atoms with Crippen molar-refractivity contribution in [2.24, 2.45) is 66.6 Å². The molecule has 9 atom stereocenters. The van der Waals surface area contributed by atoms with Crippen LogP contribution in [0.4, 0.5) is 0 Å². The van der Waals surface area contributed by atoms with Crippen LogP contribution in [-0.4, -0.2) is 28.8 Å². The standard InChI is InChI=1S/C33H52N2O/c1-20(2)21-12-15-33(19-36)17-16-31(8)22(26(21)33)10-11-25-30(7)18-23-27(35-29(5,6)34-23)28(3,4)24(30)13-14-32(25,31)9/h21-22,24-26,36H,1,10-19H2,2-9H3/t21-,22+,24-,25+,26+,30-,31+,32+,33+/m0/s1. The highest BCUT2D eigenvalue weighted by molar-refractivity contribution is 6.46. The summed E-state index contributed by atoms with van der Waals surface area (Å²) in [6.45, 7) is 24.5. The van der Waals surface area contributed by atoms with Crippen molar-refractivity contribution in [1.29, 1.82) is 0 Å². The van der Waals surface area contributed by atoms with Gasteiger partial charge in [-0.25, -0.2) is 0 Å². The highest BCUT2D eigenvalue weighted by Crippen LogP contribution is 2.77. The monoisotopic (exact) mass is 492 g/mol. The number of allylic oxidation sites excluding steroid dienone is 1. The summed E-state index contributed by atoms with van der Waals surface area (Å²) < 4.78 is 0. The average Bonchev–Trinajstić information content (AvgIpc) is 3.31. The van der Waals surface area contributed by atoms with E-state index in [1.54, 1.807) is 0 Å². The van der Waals surface area contributed by atoms with Crippen LogP contribution in [-0.2, 0) is 0 Å². The smallest absolute Gasteiger partial charge is 0.145 e. The van der Waals surface area contributed by atoms with E-state index in [2.05, 4.69) is 62.0 Å². The van der Waals surface area contributed by atoms with Crippen molar-refractivity contribution in [3.8, 4) is 0 Å². The van der Waals surface area contributed by atoms with Crippen LogP contribution >= 0.6 is 0 Å². The number of rotatable bonds is 2. The lowest BCUT2D eigenvalue weighted by Gasteiger charge is -2.72. The first-order chi connectivity index (χ1) is 16.7. The number of aliphatic hydroxyl groups excluding tert-OH is 1. The highest BCUT2D eigenvalue weighted by atomic mass is 16.3. The van der Waals surface area contributed by atoms with Crippen molar-refractivity contribution in [1.82, 2.24) is 0 Å². The van der Waals surface area contributed by atoms with E-state index in [1.807, 2.05) is 0 Å². The molecule has 0 unspecified atom stereocenters. The minimum Gasteiger partial charge on any atom is -0.396 e. The topological polar surface area (TPSA) is 45.0 Å². The molecule has 0 spiro atoms. The van der Waals surface area contributed by atoms with Crippen molar-refractivity contribution in [3.05, 3.63) is 12.2 Å². The third-order valence-electron chi connectivity index (χ3n) is 13.9. The largest absolute Gasteiger partial charge is 0.396 e. The molecule has 0 amide bonds. The predicted octanol–water partition coefficient (Wildman–Crippen LogP) is 7.88. The molecule has 0 radical (unpaired) electrons. The summed E-state index contributed by atoms with van der Waals surface area (Å²) in [5.74, 6) is 3.31. The van der Waals surface area contributed by atoms with Gasteiger partial charge in [-0.3, -0.25) is 9.98 Å². The lowest BCUT2D eigenvalue weighted by Crippen LogP contribution is -2.67. The van der Waals surface area contributed by atoms with Gasteiger partial charge in [0.1, 0.15) is 5.66 Å². The molecule has 6 rings (SSSR count). The summed E-state index contributed by atoms with van der Waals surface area (Å²) in [5.41, 5.74) is 4.89. The molecule has 5 aliphatic carbocycles. The summed E-state index contributed by atoms with van der Waals surface area (Å²) >= 11 is 0. The van der Waals surface area contributed by atoms with Crippen LogP contribution in [0, 0.1) is 56.7 Å². The lowest BCUT2D eigenvalue weighted by molar-refractivity contribution is -0.226. The predicted molar refractivity (Wildman–Crippen MR) is 150 cm³/mol. The molecule has 1 N–H and O–H groups in total. The molecule has 36 heavy (non-hydrogen) atoms. The van der Waals surface area contributed by atoms with Gasteiger partial charge in [0.15, 0.2) is 0 Å². The number of hydrogen-bond acceptors (Lipinski definition) is 3. The summed E-state index contributed by atoms with van der Waals surface area (Å²) in [4.78, 5) is 10.4. The molecule has 0 aromatic heterocycles. The van der Waals surface area contributed by atoms with E-state index >= 15 is 0 Å². The van der Waals surface area contributed by atoms with E-state index in [-0.39, 0.29) is 21.9 Å². The van der Waals surface area contributed by atoms with Crippen molar-refractivity contribution >= 4 is 11.4 Å². The Balaban J connectivity index is 1.42. The Morgan fingerprint density at radius 3 is 2.25 bits per heavy atom. The molecular formula is C33H52N2O. The maximum Gasteiger partial charge on any atom is 0.145 e. The zero-order valence-corrected chi connectivity index (χ0v) is 24.5. The molecule has 0 aromatic rings. The molecule has 1 heterocycles. The second-order valence-electron chi connectivity index (χ2n) is 16.1. The Morgan fingerprint density at radius 1 is 0.861 bits per heavy atom. The SMILES string of the molecule is C=C(C)[C@@H]1CC[C@]2(CO)CC[C@]3(C)[C@H](CC[C@@H]4[C@@]5(C)CC6=NC(C)(C)N=C6C(C)(C)[C@@H]5CC[C@]43C)[C@@H]12. The van der Waals surface area contributed by atoms with E-state index < -0.39 is 0 Å². The van der Waals surface area contributed by atoms with Gasteiger partial charge in [-0.2, -0.15) is 0 Å². The molecule has 0 bridgehead atoms. The Labute approximate surface area is 220 Å². The van der Waals surface area contributed by atoms with Crippen LogP contribution in [0.15, 0.2) is 22.1 Å². The summed E-state index contributed by atoms with van der Waals surface area (Å²) in [7, 11) is 0. The van der Waals surface area contributed by atoms with Gasteiger partial charge >= 0.3 is 0 Å². The quantitative estimate of drug-likeness (QED) is 0.392. The summed E-state index contributed by atoms with van der Waals surface area (Å²) in [5, 5.41) is 10.8. The fourth-order valence-electron chi connectivity index (χ4n) is 12.3. The zero-order chi connectivity index (χ0) is 26.1. The van der Waals surface area contributed by atoms with Crippen molar-refractivity contribution < 1.29 is 5.11 Å². The van der Waals surface area contributed by atoms with Gasteiger partial charge < -0.3 is 5.11 Å². The van der Waals surface area contributed by atoms with Crippen LogP contribution in [0.1, 0.15) is 113 Å². The van der Waals surface area contributed by atoms with E-state index in [9.17, 15) is 5.11 Å². The number of aliphatic hydroxyl groups is 1. The Bertz CT molecular complexity index is 1050. The highest BCUT2D eigenvalue weighted by Gasteiger charge is 2.71. The third-order valence-corrected chi connectivity index (χ3v) is 13.9. The van der Waals surface area contributed by atoms with Gasteiger partial charge in [-0.15, -0.1) is 0 Å². The van der Waals surface area contributed by atoms with Gasteiger partial charge in [0.05, 0.1) is 11.4 Å². The Hall–Kier alpha value is -0.960. The van der Waals surface area contributed by atoms with Crippen LogP contribution in [0.2, 0.25) is 0 Å². The molecule has 200 valence electrons. The average molecular weight is 493 g/mol. The van der Waals surface area contributed by atoms with Gasteiger partial charge in [0, 0.05) is 12.0 Å². The number of aliphatic imine (C=N–C) groups is 2. The number of nitrogens with zero attached hydrogens (tertiary/aromatic N) is 2. The third kappa shape index (κ3) is 2.91. The lowest BCUT2D eigenvalue weighted by atomic mass is 9.32. The van der Waals surface area contributed by atoms with Crippen LogP contribution in [0.3, 0.4) is 0 Å². The van der Waals surface area contributed by atoms with Crippen molar-refractivity contribution in [2.45, 2.75) is 119 Å². The van der Waals surface area contributed by atoms with Gasteiger partial charge in [0.2, 0.25) is 0 Å². The molecule has 0 saturated heterocycles. The molecule has 3 heteroatoms. The second kappa shape index (κ2) is 7.36. The van der Waals surface area contributed by atoms with Crippen LogP contribution < -0.4 is 0 Å². The molecule has 1 aliphatic heterocycles. The van der Waals surface area contributed by atoms with Crippen LogP contribution in [0.25, 0.3) is 0 Å². The van der Waals surface area contributed by atoms with Gasteiger partial charge in [0.25, 0.3) is 0 Å². The number of hydrogen-bond donors (Lipinski definition) is 1. The van der Waals surface area contributed by atoms with E-state index in [4.69, 9.17) is 9.98 Å². The second-order valence-corrected chi connectivity index (χ2v) is 16.1. The molecule has 5 fully saturated rings. The van der Waals surface area contributed by atoms with Gasteiger partial charge in [-0.05, 0) is 130 Å². The fraction of sp³-hybridized carbons (Fsp3) is 0.879. The molecule has 3 nitrogen and oxygen atoms in total. The summed E-state index contributed by atoms with van der Waals surface area (Å²) in [6, 6.07) is 0. The maximum atomic E-state index is 10.8. The fourth-order valence-corrected chi connectivity index (χ4v) is 12.3. The Morgan fingerprint density at radius 2 is 1.58 bits per heavy atom. The first kappa shape index (κ1) is 25.3. The normalized spacial score (nSPS) is 52.2. The molecule has 0 aromatic carbocycles. The molecule has 6 aliphatic rings. The van der Waals surface area contributed by atoms with E-state index in [1.165, 1.54) is 68.4 Å². The van der Waals surface area contributed by atoms with E-state index in [0.717, 1.165) is 12.3 Å². The van der Waals surface area contributed by atoms with Crippen molar-refractivity contribution in [2.75, 3.05) is 6.61 Å². The van der Waals surface area contributed by atoms with E-state index in [0.29, 0.717) is 41.1 Å². The van der Waals surface area contributed by atoms with Gasteiger partial charge in [-0.1, -0.05) is 46.8 Å². The zero-order valence-electron chi connectivity index (χ0n) is 24.5. The summed E-state index contributed by atoms with van der Waals surface area (Å²) in [6.07, 6.45) is 11.4. The maximum absolute atomic E-state index is 10.8. The number of fused-ring (bicyclic) bond motifs is 8. The minimum atomic E-state index is -0.296. The van der Waals surface area contributed by atoms with Crippen LogP contribution in [0.5, 0.6) is 0 Å². The Kier molecular flexibility index (Phi) is 5.18. The molecule has 5 saturated carbocycles. The minimum absolute atomic E-state index is 0.0911. The first-order valence-corrected chi connectivity index (χ1v) is 15.1. The molecular weight excluding hydrogens is 440 g/mol. The van der Waals surface area contributed by atoms with Crippen molar-refractivity contribution in [3.63, 3.8) is 0 Å². The first-order valence-electron chi connectivity index (χ1n) is 15.1.